The maximum atomic E-state index is 13.5. The fraction of sp³-hybridized carbons (Fsp3) is 0.267. The molecule has 1 amide bonds. The highest BCUT2D eigenvalue weighted by Crippen LogP contribution is 2.39. The molecule has 0 aliphatic heterocycles. The molecule has 1 atom stereocenters. The van der Waals surface area contributed by atoms with E-state index >= 15 is 0 Å². The fourth-order valence-corrected chi connectivity index (χ4v) is 3.86. The summed E-state index contributed by atoms with van der Waals surface area (Å²) >= 11 is 0.979. The Morgan fingerprint density at radius 2 is 1.79 bits per heavy atom. The van der Waals surface area contributed by atoms with Crippen LogP contribution in [0.3, 0.4) is 0 Å². The number of thiophene rings is 1. The number of hydrogen-bond acceptors (Lipinski definition) is 3. The second kappa shape index (κ2) is 7.52. The van der Waals surface area contributed by atoms with Crippen molar-refractivity contribution in [1.82, 2.24) is 4.90 Å². The van der Waals surface area contributed by atoms with Crippen LogP contribution in [0.5, 0.6) is 0 Å². The van der Waals surface area contributed by atoms with Crippen LogP contribution in [0.15, 0.2) is 46.7 Å². The van der Waals surface area contributed by atoms with Crippen molar-refractivity contribution in [2.45, 2.75) is 22.9 Å². The van der Waals surface area contributed by atoms with E-state index in [4.69, 9.17) is 0 Å². The van der Waals surface area contributed by atoms with E-state index in [1.54, 1.807) is 6.07 Å². The highest BCUT2D eigenvalue weighted by Gasteiger charge is 2.45. The van der Waals surface area contributed by atoms with Gasteiger partial charge in [-0.2, -0.15) is 22.0 Å². The van der Waals surface area contributed by atoms with Gasteiger partial charge in [-0.1, -0.05) is 42.1 Å². The molecule has 1 aromatic carbocycles. The zero-order valence-corrected chi connectivity index (χ0v) is 13.9. The lowest BCUT2D eigenvalue weighted by Crippen LogP contribution is -2.39. The van der Waals surface area contributed by atoms with Gasteiger partial charge in [0.2, 0.25) is 0 Å². The molecule has 130 valence electrons. The lowest BCUT2D eigenvalue weighted by molar-refractivity contribution is -0.176. The standard InChI is InChI=1S/C15H12F5NOS2/c1-21(12(15(18,19)20)9-5-3-2-4-6-9)13(22)11-10(7-8-23-11)24-14(16)17/h2-8,12,14H,1H3. The quantitative estimate of drug-likeness (QED) is 0.508. The smallest absolute Gasteiger partial charge is 0.325 e. The van der Waals surface area contributed by atoms with E-state index in [0.717, 1.165) is 18.4 Å². The molecule has 0 aliphatic rings. The predicted molar refractivity (Wildman–Crippen MR) is 83.5 cm³/mol. The lowest BCUT2D eigenvalue weighted by Gasteiger charge is -2.30. The molecular formula is C15H12F5NOS2. The summed E-state index contributed by atoms with van der Waals surface area (Å²) in [7, 11) is 1.02. The Morgan fingerprint density at radius 1 is 1.17 bits per heavy atom. The van der Waals surface area contributed by atoms with Gasteiger partial charge in [0.25, 0.3) is 11.7 Å². The Morgan fingerprint density at radius 3 is 2.33 bits per heavy atom. The second-order valence-electron chi connectivity index (χ2n) is 4.76. The highest BCUT2D eigenvalue weighted by molar-refractivity contribution is 7.99. The molecule has 0 saturated carbocycles. The molecule has 0 spiro atoms. The van der Waals surface area contributed by atoms with Crippen LogP contribution >= 0.6 is 23.1 Å². The molecule has 0 radical (unpaired) electrons. The summed E-state index contributed by atoms with van der Waals surface area (Å²) in [5, 5.41) is 1.40. The summed E-state index contributed by atoms with van der Waals surface area (Å²) in [6, 6.07) is 6.13. The van der Waals surface area contributed by atoms with Crippen molar-refractivity contribution in [2.24, 2.45) is 0 Å². The number of rotatable bonds is 5. The van der Waals surface area contributed by atoms with Gasteiger partial charge in [-0.3, -0.25) is 4.79 Å². The minimum absolute atomic E-state index is 0.0270. The molecule has 0 fully saturated rings. The summed E-state index contributed by atoms with van der Waals surface area (Å²) in [5.74, 6) is -3.71. The molecule has 1 heterocycles. The van der Waals surface area contributed by atoms with E-state index in [1.165, 1.54) is 35.7 Å². The molecule has 24 heavy (non-hydrogen) atoms. The van der Waals surface area contributed by atoms with Crippen LogP contribution in [0.2, 0.25) is 0 Å². The predicted octanol–water partition coefficient (Wildman–Crippen LogP) is 5.44. The van der Waals surface area contributed by atoms with E-state index in [1.807, 2.05) is 0 Å². The van der Waals surface area contributed by atoms with E-state index < -0.39 is 23.9 Å². The molecular weight excluding hydrogens is 369 g/mol. The number of carbonyl (C=O) groups excluding carboxylic acids is 1. The molecule has 2 rings (SSSR count). The zero-order valence-electron chi connectivity index (χ0n) is 12.3. The maximum Gasteiger partial charge on any atom is 0.413 e. The first kappa shape index (κ1) is 18.7. The van der Waals surface area contributed by atoms with Gasteiger partial charge in [0.15, 0.2) is 6.04 Å². The van der Waals surface area contributed by atoms with Crippen molar-refractivity contribution in [3.05, 3.63) is 52.2 Å². The van der Waals surface area contributed by atoms with Crippen molar-refractivity contribution in [3.63, 3.8) is 0 Å². The highest BCUT2D eigenvalue weighted by atomic mass is 32.2. The molecule has 2 nitrogen and oxygen atoms in total. The van der Waals surface area contributed by atoms with Crippen LogP contribution < -0.4 is 0 Å². The maximum absolute atomic E-state index is 13.5. The van der Waals surface area contributed by atoms with E-state index in [2.05, 4.69) is 0 Å². The molecule has 1 aromatic heterocycles. The van der Waals surface area contributed by atoms with Gasteiger partial charge in [-0.05, 0) is 17.0 Å². The van der Waals surface area contributed by atoms with Crippen LogP contribution in [-0.4, -0.2) is 29.8 Å². The lowest BCUT2D eigenvalue weighted by atomic mass is 10.1. The van der Waals surface area contributed by atoms with Crippen molar-refractivity contribution in [2.75, 3.05) is 7.05 Å². The van der Waals surface area contributed by atoms with Crippen LogP contribution in [-0.2, 0) is 0 Å². The Kier molecular flexibility index (Phi) is 5.87. The molecule has 1 unspecified atom stereocenters. The Bertz CT molecular complexity index is 687. The van der Waals surface area contributed by atoms with E-state index in [0.29, 0.717) is 4.90 Å². The topological polar surface area (TPSA) is 20.3 Å². The van der Waals surface area contributed by atoms with Gasteiger partial charge < -0.3 is 4.90 Å². The summed E-state index contributed by atoms with van der Waals surface area (Å²) in [6.07, 6.45) is -4.70. The minimum Gasteiger partial charge on any atom is -0.325 e. The van der Waals surface area contributed by atoms with Crippen LogP contribution in [0, 0.1) is 0 Å². The van der Waals surface area contributed by atoms with Gasteiger partial charge in [-0.15, -0.1) is 11.3 Å². The van der Waals surface area contributed by atoms with Crippen molar-refractivity contribution >= 4 is 29.0 Å². The monoisotopic (exact) mass is 381 g/mol. The summed E-state index contributed by atoms with van der Waals surface area (Å²) in [5.41, 5.74) is -0.0968. The largest absolute Gasteiger partial charge is 0.413 e. The second-order valence-corrected chi connectivity index (χ2v) is 6.71. The number of carbonyl (C=O) groups is 1. The number of nitrogens with zero attached hydrogens (tertiary/aromatic N) is 1. The average molecular weight is 381 g/mol. The fourth-order valence-electron chi connectivity index (χ4n) is 2.19. The Hall–Kier alpha value is -1.61. The van der Waals surface area contributed by atoms with Crippen molar-refractivity contribution < 1.29 is 26.7 Å². The van der Waals surface area contributed by atoms with Gasteiger partial charge in [0, 0.05) is 11.9 Å². The first-order valence-electron chi connectivity index (χ1n) is 6.63. The normalized spacial score (nSPS) is 13.1. The number of alkyl halides is 5. The van der Waals surface area contributed by atoms with Gasteiger partial charge in [-0.25, -0.2) is 0 Å². The number of hydrogen-bond donors (Lipinski definition) is 0. The van der Waals surface area contributed by atoms with Crippen molar-refractivity contribution in [3.8, 4) is 0 Å². The van der Waals surface area contributed by atoms with E-state index in [-0.39, 0.29) is 27.1 Å². The minimum atomic E-state index is -4.70. The SMILES string of the molecule is CN(C(=O)c1sccc1SC(F)F)C(c1ccccc1)C(F)(F)F. The van der Waals surface area contributed by atoms with Gasteiger partial charge in [0.1, 0.15) is 4.88 Å². The van der Waals surface area contributed by atoms with Crippen LogP contribution in [0.1, 0.15) is 21.3 Å². The summed E-state index contributed by atoms with van der Waals surface area (Å²) in [6.45, 7) is 0. The van der Waals surface area contributed by atoms with Gasteiger partial charge >= 0.3 is 6.18 Å². The molecule has 0 saturated heterocycles. The Labute approximate surface area is 143 Å². The summed E-state index contributed by atoms with van der Waals surface area (Å²) < 4.78 is 65.4. The zero-order chi connectivity index (χ0) is 17.9. The third-order valence-electron chi connectivity index (χ3n) is 3.17. The number of benzene rings is 1. The number of halogens is 5. The molecule has 9 heteroatoms. The molecule has 0 aliphatic carbocycles. The van der Waals surface area contributed by atoms with Crippen molar-refractivity contribution in [1.29, 1.82) is 0 Å². The number of thioether (sulfide) groups is 1. The third kappa shape index (κ3) is 4.27. The Balaban J connectivity index is 2.35. The molecule has 2 aromatic rings. The molecule has 0 bridgehead atoms. The van der Waals surface area contributed by atoms with Crippen LogP contribution in [0.25, 0.3) is 0 Å². The first-order valence-corrected chi connectivity index (χ1v) is 8.39. The average Bonchev–Trinajstić information content (AvgIpc) is 2.93. The van der Waals surface area contributed by atoms with Gasteiger partial charge in [0.05, 0.1) is 0 Å². The number of amides is 1. The first-order chi connectivity index (χ1) is 11.2. The van der Waals surface area contributed by atoms with E-state index in [9.17, 15) is 26.7 Å². The third-order valence-corrected chi connectivity index (χ3v) is 4.98. The van der Waals surface area contributed by atoms with Crippen LogP contribution in [0.4, 0.5) is 22.0 Å². The molecule has 0 N–H and O–H groups in total. The summed E-state index contributed by atoms with van der Waals surface area (Å²) in [4.78, 5) is 12.8.